The van der Waals surface area contributed by atoms with Gasteiger partial charge < -0.3 is 5.32 Å². The number of carbonyl (C=O) groups is 1. The van der Waals surface area contributed by atoms with Gasteiger partial charge >= 0.3 is 0 Å². The predicted molar refractivity (Wildman–Crippen MR) is 129 cm³/mol. The lowest BCUT2D eigenvalue weighted by Crippen LogP contribution is -2.20. The van der Waals surface area contributed by atoms with Crippen LogP contribution in [0.1, 0.15) is 27.0 Å². The number of nitrogens with zero attached hydrogens (tertiary/aromatic N) is 2. The zero-order valence-corrected chi connectivity index (χ0v) is 18.9. The number of rotatable bonds is 5. The Kier molecular flexibility index (Phi) is 6.23. The Labute approximate surface area is 191 Å². The third-order valence-electron chi connectivity index (χ3n) is 5.25. The molecule has 0 aliphatic carbocycles. The Hall–Kier alpha value is -3.64. The standard InChI is InChI=1S/C26H23N3O2S/c1-17-7-13-22(14-8-17)32-24-15-16-25(30)29(28-24)21-11-9-20(10-12-21)26(31)27-23-6-4-5-18(2)19(23)3/h4-16H,1-3H3,(H,27,31). The average molecular weight is 442 g/mol. The maximum atomic E-state index is 12.7. The van der Waals surface area contributed by atoms with Gasteiger partial charge in [-0.15, -0.1) is 0 Å². The van der Waals surface area contributed by atoms with Crippen LogP contribution in [0, 0.1) is 20.8 Å². The van der Waals surface area contributed by atoms with Gasteiger partial charge in [0.15, 0.2) is 0 Å². The number of hydrogen-bond acceptors (Lipinski definition) is 4. The van der Waals surface area contributed by atoms with Crippen molar-refractivity contribution in [3.8, 4) is 5.69 Å². The Morgan fingerprint density at radius 2 is 1.59 bits per heavy atom. The highest BCUT2D eigenvalue weighted by molar-refractivity contribution is 7.99. The van der Waals surface area contributed by atoms with Crippen LogP contribution in [0.2, 0.25) is 0 Å². The lowest BCUT2D eigenvalue weighted by molar-refractivity contribution is 0.102. The first-order valence-corrected chi connectivity index (χ1v) is 11.1. The summed E-state index contributed by atoms with van der Waals surface area (Å²) in [5.74, 6) is -0.200. The summed E-state index contributed by atoms with van der Waals surface area (Å²) in [7, 11) is 0. The first-order valence-electron chi connectivity index (χ1n) is 10.2. The van der Waals surface area contributed by atoms with Crippen molar-refractivity contribution in [3.63, 3.8) is 0 Å². The highest BCUT2D eigenvalue weighted by Crippen LogP contribution is 2.25. The van der Waals surface area contributed by atoms with Crippen LogP contribution < -0.4 is 10.9 Å². The van der Waals surface area contributed by atoms with Gasteiger partial charge in [-0.05, 0) is 80.4 Å². The molecule has 0 atom stereocenters. The van der Waals surface area contributed by atoms with Crippen molar-refractivity contribution in [2.24, 2.45) is 0 Å². The normalized spacial score (nSPS) is 10.7. The number of aromatic nitrogens is 2. The number of anilines is 1. The fourth-order valence-corrected chi connectivity index (χ4v) is 3.97. The largest absolute Gasteiger partial charge is 0.322 e. The van der Waals surface area contributed by atoms with Crippen molar-refractivity contribution in [1.82, 2.24) is 9.78 Å². The van der Waals surface area contributed by atoms with Crippen molar-refractivity contribution in [2.45, 2.75) is 30.7 Å². The van der Waals surface area contributed by atoms with Gasteiger partial charge in [0.1, 0.15) is 5.03 Å². The lowest BCUT2D eigenvalue weighted by Gasteiger charge is -2.11. The number of nitrogens with one attached hydrogen (secondary N) is 1. The molecule has 0 fully saturated rings. The number of benzene rings is 3. The van der Waals surface area contributed by atoms with Crippen molar-refractivity contribution in [3.05, 3.63) is 111 Å². The van der Waals surface area contributed by atoms with E-state index in [1.165, 1.54) is 28.1 Å². The third kappa shape index (κ3) is 4.81. The summed E-state index contributed by atoms with van der Waals surface area (Å²) < 4.78 is 1.35. The second-order valence-electron chi connectivity index (χ2n) is 7.59. The van der Waals surface area contributed by atoms with E-state index in [1.807, 2.05) is 63.2 Å². The van der Waals surface area contributed by atoms with E-state index in [1.54, 1.807) is 30.3 Å². The van der Waals surface area contributed by atoms with E-state index in [4.69, 9.17) is 0 Å². The maximum Gasteiger partial charge on any atom is 0.271 e. The van der Waals surface area contributed by atoms with Gasteiger partial charge in [-0.25, -0.2) is 0 Å². The van der Waals surface area contributed by atoms with E-state index in [0.29, 0.717) is 16.3 Å². The molecule has 0 unspecified atom stereocenters. The van der Waals surface area contributed by atoms with Crippen molar-refractivity contribution >= 4 is 23.4 Å². The van der Waals surface area contributed by atoms with Crippen LogP contribution in [-0.2, 0) is 0 Å². The molecule has 1 heterocycles. The first-order chi connectivity index (χ1) is 15.4. The van der Waals surface area contributed by atoms with Crippen LogP contribution in [-0.4, -0.2) is 15.7 Å². The molecule has 4 rings (SSSR count). The van der Waals surface area contributed by atoms with Crippen molar-refractivity contribution < 1.29 is 4.79 Å². The van der Waals surface area contributed by atoms with Crippen LogP contribution in [0.25, 0.3) is 5.69 Å². The minimum atomic E-state index is -0.231. The summed E-state index contributed by atoms with van der Waals surface area (Å²) >= 11 is 1.49. The van der Waals surface area contributed by atoms with Gasteiger partial charge in [0.25, 0.3) is 11.5 Å². The van der Waals surface area contributed by atoms with Crippen molar-refractivity contribution in [2.75, 3.05) is 5.32 Å². The summed E-state index contributed by atoms with van der Waals surface area (Å²) in [4.78, 5) is 26.1. The summed E-state index contributed by atoms with van der Waals surface area (Å²) in [6, 6.07) is 24.0. The molecule has 6 heteroatoms. The molecule has 1 N–H and O–H groups in total. The molecule has 0 aliphatic rings. The van der Waals surface area contributed by atoms with Gasteiger partial charge in [0.2, 0.25) is 0 Å². The molecule has 1 aromatic heterocycles. The van der Waals surface area contributed by atoms with Crippen LogP contribution in [0.3, 0.4) is 0 Å². The maximum absolute atomic E-state index is 12.7. The van der Waals surface area contributed by atoms with Crippen LogP contribution >= 0.6 is 11.8 Å². The topological polar surface area (TPSA) is 64.0 Å². The number of carbonyl (C=O) groups excluding carboxylic acids is 1. The van der Waals surface area contributed by atoms with E-state index in [9.17, 15) is 9.59 Å². The van der Waals surface area contributed by atoms with Crippen LogP contribution in [0.15, 0.2) is 93.6 Å². The second-order valence-corrected chi connectivity index (χ2v) is 8.68. The fourth-order valence-electron chi connectivity index (χ4n) is 3.20. The van der Waals surface area contributed by atoms with E-state index in [0.717, 1.165) is 21.7 Å². The summed E-state index contributed by atoms with van der Waals surface area (Å²) in [5.41, 5.74) is 5.01. The van der Waals surface area contributed by atoms with E-state index < -0.39 is 0 Å². The molecular weight excluding hydrogens is 418 g/mol. The summed E-state index contributed by atoms with van der Waals surface area (Å²) in [5, 5.41) is 8.16. The Balaban J connectivity index is 1.54. The molecule has 32 heavy (non-hydrogen) atoms. The molecule has 0 spiro atoms. The smallest absolute Gasteiger partial charge is 0.271 e. The zero-order valence-electron chi connectivity index (χ0n) is 18.1. The van der Waals surface area contributed by atoms with Crippen LogP contribution in [0.5, 0.6) is 0 Å². The second kappa shape index (κ2) is 9.24. The molecule has 0 saturated heterocycles. The molecule has 4 aromatic rings. The SMILES string of the molecule is Cc1ccc(Sc2ccc(=O)n(-c3ccc(C(=O)Nc4cccc(C)c4C)cc3)n2)cc1. The lowest BCUT2D eigenvalue weighted by atomic mass is 10.1. The molecule has 5 nitrogen and oxygen atoms in total. The molecule has 0 radical (unpaired) electrons. The number of amides is 1. The van der Waals surface area contributed by atoms with E-state index >= 15 is 0 Å². The Morgan fingerprint density at radius 3 is 2.31 bits per heavy atom. The molecule has 1 amide bonds. The number of aryl methyl sites for hydroxylation is 2. The van der Waals surface area contributed by atoms with E-state index in [-0.39, 0.29) is 11.5 Å². The molecule has 0 aliphatic heterocycles. The van der Waals surface area contributed by atoms with Gasteiger partial charge in [-0.2, -0.15) is 9.78 Å². The van der Waals surface area contributed by atoms with Crippen molar-refractivity contribution in [1.29, 1.82) is 0 Å². The Morgan fingerprint density at radius 1 is 0.875 bits per heavy atom. The predicted octanol–water partition coefficient (Wildman–Crippen LogP) is 5.56. The molecule has 0 bridgehead atoms. The Bertz CT molecular complexity index is 1330. The third-order valence-corrected chi connectivity index (χ3v) is 6.18. The zero-order chi connectivity index (χ0) is 22.7. The monoisotopic (exact) mass is 441 g/mol. The minimum absolute atomic E-state index is 0.200. The first kappa shape index (κ1) is 21.6. The highest BCUT2D eigenvalue weighted by atomic mass is 32.2. The summed E-state index contributed by atoms with van der Waals surface area (Å²) in [6.45, 7) is 6.03. The van der Waals surface area contributed by atoms with Gasteiger partial charge in [0.05, 0.1) is 5.69 Å². The van der Waals surface area contributed by atoms with Gasteiger partial charge in [-0.3, -0.25) is 9.59 Å². The molecule has 0 saturated carbocycles. The number of hydrogen-bond donors (Lipinski definition) is 1. The van der Waals surface area contributed by atoms with Gasteiger partial charge in [0, 0.05) is 22.2 Å². The fraction of sp³-hybridized carbons (Fsp3) is 0.115. The highest BCUT2D eigenvalue weighted by Gasteiger charge is 2.10. The van der Waals surface area contributed by atoms with Gasteiger partial charge in [-0.1, -0.05) is 41.6 Å². The van der Waals surface area contributed by atoms with Crippen LogP contribution in [0.4, 0.5) is 5.69 Å². The van der Waals surface area contributed by atoms with E-state index in [2.05, 4.69) is 10.4 Å². The summed E-state index contributed by atoms with van der Waals surface area (Å²) in [6.07, 6.45) is 0. The molecular formula is C26H23N3O2S. The molecule has 3 aromatic carbocycles. The quantitative estimate of drug-likeness (QED) is 0.440. The minimum Gasteiger partial charge on any atom is -0.322 e. The molecule has 160 valence electrons. The average Bonchev–Trinajstić information content (AvgIpc) is 2.80.